The van der Waals surface area contributed by atoms with Gasteiger partial charge in [0.25, 0.3) is 5.91 Å². The topological polar surface area (TPSA) is 45.2 Å². The van der Waals surface area contributed by atoms with E-state index in [9.17, 15) is 4.79 Å². The first-order valence-corrected chi connectivity index (χ1v) is 8.69. The number of carbonyl (C=O) groups is 1. The number of para-hydroxylation sites is 1. The van der Waals surface area contributed by atoms with E-state index >= 15 is 0 Å². The second-order valence-corrected chi connectivity index (χ2v) is 6.89. The van der Waals surface area contributed by atoms with Crippen molar-refractivity contribution in [3.05, 3.63) is 52.8 Å². The van der Waals surface area contributed by atoms with Gasteiger partial charge in [0.15, 0.2) is 0 Å². The van der Waals surface area contributed by atoms with Crippen molar-refractivity contribution in [1.82, 2.24) is 9.88 Å². The van der Waals surface area contributed by atoms with E-state index in [4.69, 9.17) is 0 Å². The highest BCUT2D eigenvalue weighted by Gasteiger charge is 2.23. The lowest BCUT2D eigenvalue weighted by atomic mass is 10.00. The van der Waals surface area contributed by atoms with Gasteiger partial charge in [-0.3, -0.25) is 9.78 Å². The van der Waals surface area contributed by atoms with E-state index in [1.54, 1.807) is 6.20 Å². The monoisotopic (exact) mass is 373 g/mol. The molecule has 1 aliphatic heterocycles. The van der Waals surface area contributed by atoms with E-state index in [1.165, 1.54) is 6.42 Å². The highest BCUT2D eigenvalue weighted by molar-refractivity contribution is 9.10. The van der Waals surface area contributed by atoms with Crippen molar-refractivity contribution in [1.29, 1.82) is 0 Å². The van der Waals surface area contributed by atoms with E-state index in [0.29, 0.717) is 11.6 Å². The minimum absolute atomic E-state index is 0.0207. The number of hydrogen-bond donors (Lipinski definition) is 1. The molecule has 1 N–H and O–H groups in total. The van der Waals surface area contributed by atoms with Gasteiger partial charge in [0.05, 0.1) is 5.69 Å². The minimum atomic E-state index is 0.0207. The Morgan fingerprint density at radius 1 is 1.35 bits per heavy atom. The first-order valence-electron chi connectivity index (χ1n) is 7.90. The van der Waals surface area contributed by atoms with Crippen LogP contribution in [0.2, 0.25) is 0 Å². The first kappa shape index (κ1) is 16.0. The Morgan fingerprint density at radius 3 is 2.96 bits per heavy atom. The molecule has 0 radical (unpaired) electrons. The molecule has 3 rings (SSSR count). The minimum Gasteiger partial charge on any atom is -0.354 e. The zero-order valence-electron chi connectivity index (χ0n) is 13.1. The standard InChI is InChI=1S/C18H20BrN3O/c1-13-5-4-10-22(12-13)18(23)17-11-14(8-9-20-17)21-16-7-3-2-6-15(16)19/h2-3,6-9,11,13H,4-5,10,12H2,1H3,(H,20,21). The number of rotatable bonds is 3. The van der Waals surface area contributed by atoms with Gasteiger partial charge in [-0.2, -0.15) is 0 Å². The SMILES string of the molecule is CC1CCCN(C(=O)c2cc(Nc3ccccc3Br)ccn2)C1. The zero-order chi connectivity index (χ0) is 16.2. The lowest BCUT2D eigenvalue weighted by Crippen LogP contribution is -2.39. The van der Waals surface area contributed by atoms with Crippen LogP contribution in [0.5, 0.6) is 0 Å². The summed E-state index contributed by atoms with van der Waals surface area (Å²) in [5, 5.41) is 3.32. The summed E-state index contributed by atoms with van der Waals surface area (Å²) in [5.74, 6) is 0.585. The van der Waals surface area contributed by atoms with Crippen molar-refractivity contribution in [3.63, 3.8) is 0 Å². The van der Waals surface area contributed by atoms with Gasteiger partial charge in [0.1, 0.15) is 5.69 Å². The average Bonchev–Trinajstić information content (AvgIpc) is 2.56. The number of benzene rings is 1. The van der Waals surface area contributed by atoms with Gasteiger partial charge in [-0.1, -0.05) is 19.1 Å². The number of carbonyl (C=O) groups excluding carboxylic acids is 1. The van der Waals surface area contributed by atoms with Crippen LogP contribution in [0.1, 0.15) is 30.3 Å². The molecular weight excluding hydrogens is 354 g/mol. The maximum absolute atomic E-state index is 12.6. The third kappa shape index (κ3) is 3.91. The number of anilines is 2. The number of aromatic nitrogens is 1. The van der Waals surface area contributed by atoms with E-state index in [-0.39, 0.29) is 5.91 Å². The number of halogens is 1. The molecule has 1 aliphatic rings. The Labute approximate surface area is 145 Å². The fourth-order valence-corrected chi connectivity index (χ4v) is 3.26. The fraction of sp³-hybridized carbons (Fsp3) is 0.333. The predicted octanol–water partition coefficient (Wildman–Crippen LogP) is 4.46. The van der Waals surface area contributed by atoms with Crippen molar-refractivity contribution >= 4 is 33.2 Å². The number of amides is 1. The molecule has 4 nitrogen and oxygen atoms in total. The molecule has 0 spiro atoms. The van der Waals surface area contributed by atoms with Gasteiger partial charge in [0, 0.05) is 29.4 Å². The molecule has 0 bridgehead atoms. The maximum Gasteiger partial charge on any atom is 0.272 e. The molecule has 23 heavy (non-hydrogen) atoms. The normalized spacial score (nSPS) is 17.8. The number of nitrogens with zero attached hydrogens (tertiary/aromatic N) is 2. The molecule has 1 saturated heterocycles. The average molecular weight is 374 g/mol. The van der Waals surface area contributed by atoms with Crippen molar-refractivity contribution in [3.8, 4) is 0 Å². The third-order valence-corrected chi connectivity index (χ3v) is 4.77. The van der Waals surface area contributed by atoms with Crippen LogP contribution in [0.4, 0.5) is 11.4 Å². The molecule has 1 aromatic heterocycles. The van der Waals surface area contributed by atoms with E-state index in [2.05, 4.69) is 33.2 Å². The second-order valence-electron chi connectivity index (χ2n) is 6.03. The Bertz CT molecular complexity index is 704. The van der Waals surface area contributed by atoms with Gasteiger partial charge in [-0.15, -0.1) is 0 Å². The van der Waals surface area contributed by atoms with E-state index in [1.807, 2.05) is 41.3 Å². The van der Waals surface area contributed by atoms with Crippen LogP contribution in [0.25, 0.3) is 0 Å². The molecule has 1 fully saturated rings. The molecule has 1 aromatic carbocycles. The molecular formula is C18H20BrN3O. The molecule has 0 saturated carbocycles. The molecule has 120 valence electrons. The third-order valence-electron chi connectivity index (χ3n) is 4.08. The van der Waals surface area contributed by atoms with Crippen LogP contribution in [-0.4, -0.2) is 28.9 Å². The van der Waals surface area contributed by atoms with E-state index < -0.39 is 0 Å². The molecule has 0 aliphatic carbocycles. The lowest BCUT2D eigenvalue weighted by molar-refractivity contribution is 0.0677. The molecule has 5 heteroatoms. The van der Waals surface area contributed by atoms with Crippen LogP contribution >= 0.6 is 15.9 Å². The fourth-order valence-electron chi connectivity index (χ4n) is 2.88. The number of hydrogen-bond acceptors (Lipinski definition) is 3. The van der Waals surface area contributed by atoms with Crippen LogP contribution in [0.15, 0.2) is 47.1 Å². The summed E-state index contributed by atoms with van der Waals surface area (Å²) in [6.07, 6.45) is 3.95. The van der Waals surface area contributed by atoms with Gasteiger partial charge < -0.3 is 10.2 Å². The van der Waals surface area contributed by atoms with Crippen LogP contribution in [-0.2, 0) is 0 Å². The number of pyridine rings is 1. The quantitative estimate of drug-likeness (QED) is 0.863. The van der Waals surface area contributed by atoms with Gasteiger partial charge in [0.2, 0.25) is 0 Å². The van der Waals surface area contributed by atoms with E-state index in [0.717, 1.165) is 35.4 Å². The zero-order valence-corrected chi connectivity index (χ0v) is 14.7. The molecule has 1 atom stereocenters. The summed E-state index contributed by atoms with van der Waals surface area (Å²) in [4.78, 5) is 18.8. The van der Waals surface area contributed by atoms with Gasteiger partial charge in [-0.25, -0.2) is 0 Å². The number of nitrogens with one attached hydrogen (secondary N) is 1. The summed E-state index contributed by atoms with van der Waals surface area (Å²) < 4.78 is 0.981. The highest BCUT2D eigenvalue weighted by atomic mass is 79.9. The van der Waals surface area contributed by atoms with Crippen LogP contribution in [0.3, 0.4) is 0 Å². The smallest absolute Gasteiger partial charge is 0.272 e. The Balaban J connectivity index is 1.77. The van der Waals surface area contributed by atoms with Crippen molar-refractivity contribution in [2.75, 3.05) is 18.4 Å². The summed E-state index contributed by atoms with van der Waals surface area (Å²) >= 11 is 3.52. The Kier molecular flexibility index (Phi) is 4.96. The Hall–Kier alpha value is -1.88. The van der Waals surface area contributed by atoms with Gasteiger partial charge in [-0.05, 0) is 59.0 Å². The first-order chi connectivity index (χ1) is 11.1. The number of likely N-dealkylation sites (tertiary alicyclic amines) is 1. The predicted molar refractivity (Wildman–Crippen MR) is 96.0 cm³/mol. The van der Waals surface area contributed by atoms with Crippen LogP contribution in [0, 0.1) is 5.92 Å². The summed E-state index contributed by atoms with van der Waals surface area (Å²) in [5.41, 5.74) is 2.32. The largest absolute Gasteiger partial charge is 0.354 e. The van der Waals surface area contributed by atoms with Crippen molar-refractivity contribution < 1.29 is 4.79 Å². The maximum atomic E-state index is 12.6. The molecule has 1 amide bonds. The summed E-state index contributed by atoms with van der Waals surface area (Å²) in [6, 6.07) is 11.6. The molecule has 2 heterocycles. The summed E-state index contributed by atoms with van der Waals surface area (Å²) in [6.45, 7) is 3.84. The van der Waals surface area contributed by atoms with Crippen LogP contribution < -0.4 is 5.32 Å². The summed E-state index contributed by atoms with van der Waals surface area (Å²) in [7, 11) is 0. The Morgan fingerprint density at radius 2 is 2.17 bits per heavy atom. The molecule has 1 unspecified atom stereocenters. The molecule has 2 aromatic rings. The lowest BCUT2D eigenvalue weighted by Gasteiger charge is -2.30. The number of piperidine rings is 1. The van der Waals surface area contributed by atoms with Crippen molar-refractivity contribution in [2.24, 2.45) is 5.92 Å². The highest BCUT2D eigenvalue weighted by Crippen LogP contribution is 2.25. The van der Waals surface area contributed by atoms with Gasteiger partial charge >= 0.3 is 0 Å². The second kappa shape index (κ2) is 7.13. The van der Waals surface area contributed by atoms with Crippen molar-refractivity contribution in [2.45, 2.75) is 19.8 Å².